The normalized spacial score (nSPS) is 14.5. The number of rotatable bonds is 2. The third-order valence-electron chi connectivity index (χ3n) is 2.64. The largest absolute Gasteiger partial charge is 0.459 e. The van der Waals surface area contributed by atoms with Gasteiger partial charge in [-0.25, -0.2) is 4.39 Å². The minimum Gasteiger partial charge on any atom is -0.459 e. The number of ketones is 1. The van der Waals surface area contributed by atoms with E-state index in [2.05, 4.69) is 0 Å². The molecule has 0 spiro atoms. The van der Waals surface area contributed by atoms with Gasteiger partial charge in [0.05, 0.1) is 11.3 Å². The van der Waals surface area contributed by atoms with Crippen LogP contribution in [0.15, 0.2) is 18.2 Å². The smallest absolute Gasteiger partial charge is 0.326 e. The molecule has 1 amide bonds. The molecule has 0 saturated carbocycles. The average molecular weight is 279 g/mol. The molecular formula is C14H14FNO4. The van der Waals surface area contributed by atoms with Gasteiger partial charge in [0.2, 0.25) is 0 Å². The summed E-state index contributed by atoms with van der Waals surface area (Å²) in [4.78, 5) is 36.3. The molecule has 2 rings (SSSR count). The molecule has 0 aliphatic carbocycles. The predicted molar refractivity (Wildman–Crippen MR) is 68.9 cm³/mol. The number of hydrogen-bond acceptors (Lipinski definition) is 4. The van der Waals surface area contributed by atoms with Gasteiger partial charge in [-0.3, -0.25) is 19.3 Å². The molecule has 1 aliphatic heterocycles. The first kappa shape index (κ1) is 14.2. The van der Waals surface area contributed by atoms with E-state index in [0.29, 0.717) is 0 Å². The van der Waals surface area contributed by atoms with E-state index in [-0.39, 0.29) is 17.8 Å². The van der Waals surface area contributed by atoms with Crippen LogP contribution in [0.4, 0.5) is 10.1 Å². The fourth-order valence-corrected chi connectivity index (χ4v) is 1.93. The average Bonchev–Trinajstić information content (AvgIpc) is 2.52. The lowest BCUT2D eigenvalue weighted by Gasteiger charge is -2.22. The Morgan fingerprint density at radius 3 is 2.55 bits per heavy atom. The highest BCUT2D eigenvalue weighted by atomic mass is 19.1. The standard InChI is InChI=1S/C14H14FNO4/c1-14(2,3)20-11(17)7-16-10-5-4-8(15)6-9(10)12(18)13(16)19/h4-6H,7H2,1-3H3. The van der Waals surface area contributed by atoms with E-state index >= 15 is 0 Å². The zero-order chi connectivity index (χ0) is 15.1. The van der Waals surface area contributed by atoms with Gasteiger partial charge in [-0.15, -0.1) is 0 Å². The van der Waals surface area contributed by atoms with Crippen LogP contribution in [0.25, 0.3) is 0 Å². The first-order valence-corrected chi connectivity index (χ1v) is 6.06. The highest BCUT2D eigenvalue weighted by Crippen LogP contribution is 2.29. The zero-order valence-corrected chi connectivity index (χ0v) is 11.4. The lowest BCUT2D eigenvalue weighted by Crippen LogP contribution is -2.38. The lowest BCUT2D eigenvalue weighted by molar-refractivity contribution is -0.153. The summed E-state index contributed by atoms with van der Waals surface area (Å²) in [5.74, 6) is -2.90. The maximum absolute atomic E-state index is 13.1. The Morgan fingerprint density at radius 1 is 1.30 bits per heavy atom. The minimum absolute atomic E-state index is 0.0291. The third-order valence-corrected chi connectivity index (χ3v) is 2.64. The number of esters is 1. The fraction of sp³-hybridized carbons (Fsp3) is 0.357. The predicted octanol–water partition coefficient (Wildman–Crippen LogP) is 1.70. The summed E-state index contributed by atoms with van der Waals surface area (Å²) in [6, 6.07) is 3.43. The van der Waals surface area contributed by atoms with Crippen molar-refractivity contribution in [2.24, 2.45) is 0 Å². The van der Waals surface area contributed by atoms with E-state index < -0.39 is 29.1 Å². The summed E-state index contributed by atoms with van der Waals surface area (Å²) in [6.07, 6.45) is 0. The summed E-state index contributed by atoms with van der Waals surface area (Å²) < 4.78 is 18.2. The SMILES string of the molecule is CC(C)(C)OC(=O)CN1C(=O)C(=O)c2cc(F)ccc21. The maximum Gasteiger partial charge on any atom is 0.326 e. The molecule has 0 N–H and O–H groups in total. The molecule has 0 fully saturated rings. The van der Waals surface area contributed by atoms with Crippen molar-refractivity contribution < 1.29 is 23.5 Å². The molecular weight excluding hydrogens is 265 g/mol. The maximum atomic E-state index is 13.1. The Kier molecular flexibility index (Phi) is 3.33. The van der Waals surface area contributed by atoms with E-state index in [1.165, 1.54) is 6.07 Å². The van der Waals surface area contributed by atoms with Crippen molar-refractivity contribution in [2.45, 2.75) is 26.4 Å². The number of anilines is 1. The highest BCUT2D eigenvalue weighted by molar-refractivity contribution is 6.52. The number of amides is 1. The number of nitrogens with zero attached hydrogens (tertiary/aromatic N) is 1. The van der Waals surface area contributed by atoms with Crippen LogP contribution in [-0.2, 0) is 14.3 Å². The molecule has 0 bridgehead atoms. The van der Waals surface area contributed by atoms with Crippen LogP contribution in [-0.4, -0.2) is 29.8 Å². The monoisotopic (exact) mass is 279 g/mol. The van der Waals surface area contributed by atoms with Crippen molar-refractivity contribution in [3.63, 3.8) is 0 Å². The zero-order valence-electron chi connectivity index (χ0n) is 11.4. The summed E-state index contributed by atoms with van der Waals surface area (Å²) in [7, 11) is 0. The van der Waals surface area contributed by atoms with Crippen molar-refractivity contribution in [2.75, 3.05) is 11.4 Å². The second-order valence-corrected chi connectivity index (χ2v) is 5.47. The van der Waals surface area contributed by atoms with Gasteiger partial charge in [0.1, 0.15) is 18.0 Å². The number of carbonyl (C=O) groups is 3. The fourth-order valence-electron chi connectivity index (χ4n) is 1.93. The van der Waals surface area contributed by atoms with Gasteiger partial charge >= 0.3 is 5.97 Å². The van der Waals surface area contributed by atoms with Crippen LogP contribution in [0, 0.1) is 5.82 Å². The van der Waals surface area contributed by atoms with Gasteiger partial charge in [-0.1, -0.05) is 0 Å². The quantitative estimate of drug-likeness (QED) is 0.610. The van der Waals surface area contributed by atoms with Crippen LogP contribution in [0.3, 0.4) is 0 Å². The molecule has 0 radical (unpaired) electrons. The number of carbonyl (C=O) groups excluding carboxylic acids is 3. The van der Waals surface area contributed by atoms with E-state index in [9.17, 15) is 18.8 Å². The highest BCUT2D eigenvalue weighted by Gasteiger charge is 2.37. The molecule has 1 heterocycles. The first-order chi connectivity index (χ1) is 9.19. The Hall–Kier alpha value is -2.24. The van der Waals surface area contributed by atoms with E-state index in [4.69, 9.17) is 4.74 Å². The number of fused-ring (bicyclic) bond motifs is 1. The Balaban J connectivity index is 2.24. The van der Waals surface area contributed by atoms with Gasteiger partial charge in [-0.2, -0.15) is 0 Å². The number of ether oxygens (including phenoxy) is 1. The van der Waals surface area contributed by atoms with Gasteiger partial charge in [-0.05, 0) is 39.0 Å². The van der Waals surface area contributed by atoms with Crippen LogP contribution in [0.1, 0.15) is 31.1 Å². The van der Waals surface area contributed by atoms with Gasteiger partial charge < -0.3 is 4.74 Å². The Labute approximate surface area is 115 Å². The molecule has 6 heteroatoms. The topological polar surface area (TPSA) is 63.7 Å². The van der Waals surface area contributed by atoms with Crippen molar-refractivity contribution >= 4 is 23.3 Å². The van der Waals surface area contributed by atoms with Crippen molar-refractivity contribution in [3.05, 3.63) is 29.6 Å². The van der Waals surface area contributed by atoms with Crippen LogP contribution < -0.4 is 4.90 Å². The third kappa shape index (κ3) is 2.68. The number of hydrogen-bond donors (Lipinski definition) is 0. The molecule has 0 unspecified atom stereocenters. The molecule has 106 valence electrons. The number of benzene rings is 1. The van der Waals surface area contributed by atoms with E-state index in [0.717, 1.165) is 17.0 Å². The molecule has 0 aromatic heterocycles. The van der Waals surface area contributed by atoms with E-state index in [1.54, 1.807) is 20.8 Å². The molecule has 1 aromatic carbocycles. The summed E-state index contributed by atoms with van der Waals surface area (Å²) in [6.45, 7) is 4.72. The van der Waals surface area contributed by atoms with Crippen molar-refractivity contribution in [1.29, 1.82) is 0 Å². The summed E-state index contributed by atoms with van der Waals surface area (Å²) in [5, 5.41) is 0. The molecule has 20 heavy (non-hydrogen) atoms. The Bertz CT molecular complexity index is 604. The van der Waals surface area contributed by atoms with Crippen LogP contribution in [0.5, 0.6) is 0 Å². The second-order valence-electron chi connectivity index (χ2n) is 5.47. The first-order valence-electron chi connectivity index (χ1n) is 6.06. The summed E-state index contributed by atoms with van der Waals surface area (Å²) >= 11 is 0. The molecule has 0 saturated heterocycles. The van der Waals surface area contributed by atoms with E-state index in [1.807, 2.05) is 0 Å². The van der Waals surface area contributed by atoms with Crippen LogP contribution >= 0.6 is 0 Å². The number of Topliss-reactive ketones (excluding diaryl/α,β-unsaturated/α-hetero) is 1. The molecule has 1 aromatic rings. The molecule has 1 aliphatic rings. The van der Waals surface area contributed by atoms with Gasteiger partial charge in [0.15, 0.2) is 0 Å². The van der Waals surface area contributed by atoms with Gasteiger partial charge in [0, 0.05) is 0 Å². The second kappa shape index (κ2) is 4.70. The van der Waals surface area contributed by atoms with Crippen molar-refractivity contribution in [3.8, 4) is 0 Å². The number of halogens is 1. The lowest BCUT2D eigenvalue weighted by atomic mass is 10.1. The van der Waals surface area contributed by atoms with Gasteiger partial charge in [0.25, 0.3) is 11.7 Å². The Morgan fingerprint density at radius 2 is 1.95 bits per heavy atom. The van der Waals surface area contributed by atoms with Crippen LogP contribution in [0.2, 0.25) is 0 Å². The summed E-state index contributed by atoms with van der Waals surface area (Å²) in [5.41, 5.74) is -0.485. The molecule has 5 nitrogen and oxygen atoms in total. The van der Waals surface area contributed by atoms with Crippen molar-refractivity contribution in [1.82, 2.24) is 0 Å². The molecule has 0 atom stereocenters. The minimum atomic E-state index is -0.851.